The summed E-state index contributed by atoms with van der Waals surface area (Å²) in [5.74, 6) is 1.50. The summed E-state index contributed by atoms with van der Waals surface area (Å²) in [6.07, 6.45) is 5.72. The van der Waals surface area contributed by atoms with E-state index in [2.05, 4.69) is 27.9 Å². The third-order valence-corrected chi connectivity index (χ3v) is 6.19. The number of nitrogens with zero attached hydrogens (tertiary/aromatic N) is 3. The topological polar surface area (TPSA) is 112 Å². The van der Waals surface area contributed by atoms with Crippen molar-refractivity contribution in [3.63, 3.8) is 0 Å². The molecule has 4 rings (SSSR count). The van der Waals surface area contributed by atoms with Gasteiger partial charge in [0.2, 0.25) is 0 Å². The molecule has 178 valence electrons. The van der Waals surface area contributed by atoms with Crippen LogP contribution in [0.25, 0.3) is 21.9 Å². The van der Waals surface area contributed by atoms with Crippen molar-refractivity contribution in [3.8, 4) is 0 Å². The molecule has 0 saturated carbocycles. The lowest BCUT2D eigenvalue weighted by molar-refractivity contribution is 0.0953. The second-order valence-electron chi connectivity index (χ2n) is 8.69. The molecule has 34 heavy (non-hydrogen) atoms. The largest absolute Gasteiger partial charge is 0.382 e. The standard InChI is InChI=1S/C27H34N6O/c1-2-3-10-23-32-24-25(21-8-4-5-9-22(21)31-26(24)29)33(23)18-7-6-17-30-27(34)20-13-11-19(12-14-20)15-16-28/h4-5,8-9,11-14H,2-3,6-7,10,15-18,28H2,1H3,(H2,29,31)(H,30,34). The van der Waals surface area contributed by atoms with Gasteiger partial charge < -0.3 is 21.4 Å². The maximum atomic E-state index is 12.5. The number of imidazole rings is 1. The highest BCUT2D eigenvalue weighted by molar-refractivity contribution is 6.06. The first-order valence-electron chi connectivity index (χ1n) is 12.2. The van der Waals surface area contributed by atoms with Crippen molar-refractivity contribution < 1.29 is 4.79 Å². The molecule has 0 aliphatic heterocycles. The van der Waals surface area contributed by atoms with Crippen molar-refractivity contribution in [1.82, 2.24) is 19.9 Å². The van der Waals surface area contributed by atoms with Gasteiger partial charge in [0, 0.05) is 30.5 Å². The van der Waals surface area contributed by atoms with Crippen LogP contribution in [0.2, 0.25) is 0 Å². The van der Waals surface area contributed by atoms with Gasteiger partial charge in [-0.2, -0.15) is 0 Å². The second-order valence-corrected chi connectivity index (χ2v) is 8.69. The number of unbranched alkanes of at least 4 members (excludes halogenated alkanes) is 2. The highest BCUT2D eigenvalue weighted by Crippen LogP contribution is 2.29. The van der Waals surface area contributed by atoms with E-state index in [1.165, 1.54) is 0 Å². The van der Waals surface area contributed by atoms with Gasteiger partial charge >= 0.3 is 0 Å². The highest BCUT2D eigenvalue weighted by Gasteiger charge is 2.16. The third kappa shape index (κ3) is 5.20. The van der Waals surface area contributed by atoms with Gasteiger partial charge in [0.05, 0.1) is 11.0 Å². The Bertz CT molecular complexity index is 1260. The Balaban J connectivity index is 1.43. The summed E-state index contributed by atoms with van der Waals surface area (Å²) in [6, 6.07) is 15.7. The molecule has 0 atom stereocenters. The van der Waals surface area contributed by atoms with Crippen LogP contribution in [0.3, 0.4) is 0 Å². The molecular formula is C27H34N6O. The fourth-order valence-electron chi connectivity index (χ4n) is 4.36. The molecule has 2 aromatic heterocycles. The van der Waals surface area contributed by atoms with Gasteiger partial charge in [-0.05, 0) is 56.0 Å². The van der Waals surface area contributed by atoms with Crippen molar-refractivity contribution >= 4 is 33.7 Å². The second kappa shape index (κ2) is 11.1. The van der Waals surface area contributed by atoms with Crippen LogP contribution in [0.1, 0.15) is 54.4 Å². The summed E-state index contributed by atoms with van der Waals surface area (Å²) in [7, 11) is 0. The molecule has 0 aliphatic rings. The van der Waals surface area contributed by atoms with E-state index < -0.39 is 0 Å². The van der Waals surface area contributed by atoms with Crippen molar-refractivity contribution in [2.24, 2.45) is 5.73 Å². The highest BCUT2D eigenvalue weighted by atomic mass is 16.1. The molecule has 0 spiro atoms. The lowest BCUT2D eigenvalue weighted by Gasteiger charge is -2.11. The fraction of sp³-hybridized carbons (Fsp3) is 0.370. The first-order valence-corrected chi connectivity index (χ1v) is 12.2. The first kappa shape index (κ1) is 23.7. The Morgan fingerprint density at radius 1 is 1.00 bits per heavy atom. The lowest BCUT2D eigenvalue weighted by Crippen LogP contribution is -2.24. The number of hydrogen-bond donors (Lipinski definition) is 3. The number of amides is 1. The van der Waals surface area contributed by atoms with Gasteiger partial charge in [-0.1, -0.05) is 43.7 Å². The quantitative estimate of drug-likeness (QED) is 0.291. The Kier molecular flexibility index (Phi) is 7.75. The van der Waals surface area contributed by atoms with E-state index >= 15 is 0 Å². The minimum absolute atomic E-state index is 0.0409. The summed E-state index contributed by atoms with van der Waals surface area (Å²) in [6.45, 7) is 4.25. The Labute approximate surface area is 200 Å². The SMILES string of the molecule is CCCCc1nc2c(N)nc3ccccc3c2n1CCCCNC(=O)c1ccc(CCN)cc1. The van der Waals surface area contributed by atoms with Crippen molar-refractivity contribution in [1.29, 1.82) is 0 Å². The molecule has 0 fully saturated rings. The molecule has 4 aromatic rings. The van der Waals surface area contributed by atoms with Crippen LogP contribution in [0, 0.1) is 0 Å². The molecule has 0 saturated heterocycles. The Hall–Kier alpha value is -3.45. The van der Waals surface area contributed by atoms with Crippen LogP contribution in [-0.4, -0.2) is 33.5 Å². The number of benzene rings is 2. The molecule has 2 aromatic carbocycles. The number of para-hydroxylation sites is 1. The number of pyridine rings is 1. The molecule has 0 unspecified atom stereocenters. The van der Waals surface area contributed by atoms with Gasteiger partial charge in [0.1, 0.15) is 11.3 Å². The minimum atomic E-state index is -0.0409. The number of rotatable bonds is 11. The van der Waals surface area contributed by atoms with E-state index in [-0.39, 0.29) is 5.91 Å². The normalized spacial score (nSPS) is 11.4. The zero-order valence-corrected chi connectivity index (χ0v) is 19.9. The van der Waals surface area contributed by atoms with Crippen LogP contribution in [0.15, 0.2) is 48.5 Å². The van der Waals surface area contributed by atoms with Gasteiger partial charge in [0.15, 0.2) is 5.82 Å². The third-order valence-electron chi connectivity index (χ3n) is 6.19. The van der Waals surface area contributed by atoms with Gasteiger partial charge in [-0.3, -0.25) is 4.79 Å². The van der Waals surface area contributed by atoms with E-state index in [1.54, 1.807) is 0 Å². The molecule has 5 N–H and O–H groups in total. The van der Waals surface area contributed by atoms with Crippen LogP contribution < -0.4 is 16.8 Å². The maximum Gasteiger partial charge on any atom is 0.251 e. The van der Waals surface area contributed by atoms with Gasteiger partial charge in [-0.25, -0.2) is 9.97 Å². The summed E-state index contributed by atoms with van der Waals surface area (Å²) in [5.41, 5.74) is 16.4. The van der Waals surface area contributed by atoms with E-state index in [9.17, 15) is 4.79 Å². The average molecular weight is 459 g/mol. The number of anilines is 1. The number of aryl methyl sites for hydroxylation is 2. The van der Waals surface area contributed by atoms with E-state index in [0.29, 0.717) is 24.5 Å². The van der Waals surface area contributed by atoms with Crippen molar-refractivity contribution in [2.45, 2.75) is 52.0 Å². The maximum absolute atomic E-state index is 12.5. The van der Waals surface area contributed by atoms with Crippen LogP contribution in [-0.2, 0) is 19.4 Å². The zero-order valence-electron chi connectivity index (χ0n) is 19.9. The van der Waals surface area contributed by atoms with Crippen molar-refractivity contribution in [3.05, 3.63) is 65.5 Å². The first-order chi connectivity index (χ1) is 16.6. The fourth-order valence-corrected chi connectivity index (χ4v) is 4.36. The molecule has 2 heterocycles. The predicted octanol–water partition coefficient (Wildman–Crippen LogP) is 4.22. The summed E-state index contributed by atoms with van der Waals surface area (Å²) >= 11 is 0. The molecule has 0 radical (unpaired) electrons. The molecule has 7 nitrogen and oxygen atoms in total. The van der Waals surface area contributed by atoms with Crippen molar-refractivity contribution in [2.75, 3.05) is 18.8 Å². The molecule has 0 aliphatic carbocycles. The predicted molar refractivity (Wildman–Crippen MR) is 139 cm³/mol. The molecule has 1 amide bonds. The summed E-state index contributed by atoms with van der Waals surface area (Å²) in [5, 5.41) is 4.11. The number of nitrogen functional groups attached to an aromatic ring is 1. The van der Waals surface area contributed by atoms with E-state index in [0.717, 1.165) is 78.4 Å². The number of nitrogens with one attached hydrogen (secondary N) is 1. The number of carbonyl (C=O) groups excluding carboxylic acids is 1. The van der Waals surface area contributed by atoms with Crippen LogP contribution in [0.5, 0.6) is 0 Å². The molecule has 0 bridgehead atoms. The molecular weight excluding hydrogens is 424 g/mol. The van der Waals surface area contributed by atoms with Crippen LogP contribution >= 0.6 is 0 Å². The Morgan fingerprint density at radius 3 is 2.56 bits per heavy atom. The van der Waals surface area contributed by atoms with Gasteiger partial charge in [0.25, 0.3) is 5.91 Å². The smallest absolute Gasteiger partial charge is 0.251 e. The van der Waals surface area contributed by atoms with E-state index in [1.807, 2.05) is 42.5 Å². The van der Waals surface area contributed by atoms with E-state index in [4.69, 9.17) is 16.5 Å². The van der Waals surface area contributed by atoms with Crippen LogP contribution in [0.4, 0.5) is 5.82 Å². The number of aromatic nitrogens is 3. The summed E-state index contributed by atoms with van der Waals surface area (Å²) < 4.78 is 2.31. The van der Waals surface area contributed by atoms with Gasteiger partial charge in [-0.15, -0.1) is 0 Å². The minimum Gasteiger partial charge on any atom is -0.382 e. The molecule has 7 heteroatoms. The zero-order chi connectivity index (χ0) is 23.9. The lowest BCUT2D eigenvalue weighted by atomic mass is 10.1. The summed E-state index contributed by atoms with van der Waals surface area (Å²) in [4.78, 5) is 21.9. The monoisotopic (exact) mass is 458 g/mol. The number of hydrogen-bond acceptors (Lipinski definition) is 5. The number of nitrogens with two attached hydrogens (primary N) is 2. The number of fused-ring (bicyclic) bond motifs is 3. The Morgan fingerprint density at radius 2 is 1.79 bits per heavy atom. The number of carbonyl (C=O) groups is 1. The average Bonchev–Trinajstić information content (AvgIpc) is 3.22.